The molecule has 0 amide bonds. The normalized spacial score (nSPS) is 11.2. The number of halogens is 2. The minimum absolute atomic E-state index is 0.186. The molecule has 0 saturated carbocycles. The molecule has 1 N–H and O–H groups in total. The van der Waals surface area contributed by atoms with Gasteiger partial charge in [0.05, 0.1) is 15.6 Å². The van der Waals surface area contributed by atoms with Crippen LogP contribution in [0.2, 0.25) is 5.02 Å². The van der Waals surface area contributed by atoms with Gasteiger partial charge in [-0.15, -0.1) is 0 Å². The van der Waals surface area contributed by atoms with E-state index >= 15 is 0 Å². The molecule has 0 aliphatic heterocycles. The molecule has 6 heteroatoms. The molecule has 0 fully saturated rings. The first-order chi connectivity index (χ1) is 8.49. The highest BCUT2D eigenvalue weighted by molar-refractivity contribution is 9.10. The van der Waals surface area contributed by atoms with Gasteiger partial charge in [0.2, 0.25) is 0 Å². The summed E-state index contributed by atoms with van der Waals surface area (Å²) in [7, 11) is -3.61. The first-order valence-electron chi connectivity index (χ1n) is 5.02. The highest BCUT2D eigenvalue weighted by atomic mass is 79.9. The number of benzene rings is 2. The first-order valence-corrected chi connectivity index (χ1v) is 7.67. The van der Waals surface area contributed by atoms with Crippen LogP contribution in [0.5, 0.6) is 0 Å². The lowest BCUT2D eigenvalue weighted by molar-refractivity contribution is 0.601. The Morgan fingerprint density at radius 2 is 1.61 bits per heavy atom. The number of sulfonamides is 1. The van der Waals surface area contributed by atoms with Crippen molar-refractivity contribution in [2.24, 2.45) is 0 Å². The van der Waals surface area contributed by atoms with Gasteiger partial charge in [0, 0.05) is 4.47 Å². The topological polar surface area (TPSA) is 46.2 Å². The van der Waals surface area contributed by atoms with E-state index in [1.54, 1.807) is 36.4 Å². The van der Waals surface area contributed by atoms with E-state index in [0.29, 0.717) is 10.7 Å². The van der Waals surface area contributed by atoms with E-state index < -0.39 is 10.0 Å². The molecule has 18 heavy (non-hydrogen) atoms. The molecule has 94 valence electrons. The smallest absolute Gasteiger partial charge is 0.261 e. The second-order valence-corrected chi connectivity index (χ2v) is 6.54. The third-order valence-corrected chi connectivity index (χ3v) is 4.48. The summed E-state index contributed by atoms with van der Waals surface area (Å²) in [6, 6.07) is 13.1. The monoisotopic (exact) mass is 345 g/mol. The Kier molecular flexibility index (Phi) is 3.94. The zero-order chi connectivity index (χ0) is 13.2. The van der Waals surface area contributed by atoms with Crippen LogP contribution in [0.3, 0.4) is 0 Å². The highest BCUT2D eigenvalue weighted by Gasteiger charge is 2.14. The Morgan fingerprint density at radius 3 is 2.22 bits per heavy atom. The molecule has 3 nitrogen and oxygen atoms in total. The lowest BCUT2D eigenvalue weighted by Gasteiger charge is -2.09. The van der Waals surface area contributed by atoms with Crippen molar-refractivity contribution in [3.05, 3.63) is 58.0 Å². The van der Waals surface area contributed by atoms with Gasteiger partial charge in [-0.05, 0) is 36.4 Å². The lowest BCUT2D eigenvalue weighted by atomic mass is 10.3. The summed E-state index contributed by atoms with van der Waals surface area (Å²) in [5.41, 5.74) is 0.363. The van der Waals surface area contributed by atoms with Crippen LogP contribution in [0, 0.1) is 0 Å². The molecule has 2 rings (SSSR count). The third kappa shape index (κ3) is 3.04. The summed E-state index contributed by atoms with van der Waals surface area (Å²) in [5, 5.41) is 0.359. The molecule has 0 bridgehead atoms. The maximum absolute atomic E-state index is 12.1. The summed E-state index contributed by atoms with van der Waals surface area (Å²) >= 11 is 9.16. The van der Waals surface area contributed by atoms with Crippen LogP contribution in [0.15, 0.2) is 57.9 Å². The Hall–Kier alpha value is -1.04. The van der Waals surface area contributed by atoms with Crippen molar-refractivity contribution in [2.45, 2.75) is 4.90 Å². The van der Waals surface area contributed by atoms with Crippen molar-refractivity contribution >= 4 is 43.2 Å². The van der Waals surface area contributed by atoms with Crippen molar-refractivity contribution in [1.29, 1.82) is 0 Å². The largest absolute Gasteiger partial charge is 0.278 e. The second kappa shape index (κ2) is 5.30. The van der Waals surface area contributed by atoms with Gasteiger partial charge in [-0.1, -0.05) is 39.7 Å². The van der Waals surface area contributed by atoms with Crippen LogP contribution in [-0.2, 0) is 10.0 Å². The van der Waals surface area contributed by atoms with Crippen LogP contribution in [-0.4, -0.2) is 8.42 Å². The molecule has 0 heterocycles. The van der Waals surface area contributed by atoms with E-state index in [1.807, 2.05) is 0 Å². The number of hydrogen-bond acceptors (Lipinski definition) is 2. The standard InChI is InChI=1S/C12H9BrClNO2S/c13-9-5-7-10(8-6-9)18(16,17)15-12-4-2-1-3-11(12)14/h1-8,15H. The summed E-state index contributed by atoms with van der Waals surface area (Å²) in [6.07, 6.45) is 0. The minimum Gasteiger partial charge on any atom is -0.278 e. The highest BCUT2D eigenvalue weighted by Crippen LogP contribution is 2.24. The van der Waals surface area contributed by atoms with Crippen molar-refractivity contribution < 1.29 is 8.42 Å². The van der Waals surface area contributed by atoms with E-state index in [2.05, 4.69) is 20.7 Å². The Balaban J connectivity index is 2.33. The summed E-state index contributed by atoms with van der Waals surface area (Å²) < 4.78 is 27.4. The zero-order valence-corrected chi connectivity index (χ0v) is 12.3. The molecular formula is C12H9BrClNO2S. The Labute approximate surface area is 119 Å². The predicted molar refractivity (Wildman–Crippen MR) is 76.4 cm³/mol. The van der Waals surface area contributed by atoms with Gasteiger partial charge in [-0.2, -0.15) is 0 Å². The summed E-state index contributed by atoms with van der Waals surface area (Å²) in [6.45, 7) is 0. The number of nitrogens with one attached hydrogen (secondary N) is 1. The summed E-state index contributed by atoms with van der Waals surface area (Å²) in [5.74, 6) is 0. The van der Waals surface area contributed by atoms with Crippen molar-refractivity contribution in [3.63, 3.8) is 0 Å². The molecule has 0 saturated heterocycles. The van der Waals surface area contributed by atoms with Gasteiger partial charge in [-0.25, -0.2) is 8.42 Å². The molecule has 0 aliphatic carbocycles. The molecule has 0 aliphatic rings. The van der Waals surface area contributed by atoms with E-state index in [4.69, 9.17) is 11.6 Å². The van der Waals surface area contributed by atoms with E-state index in [-0.39, 0.29) is 4.90 Å². The molecule has 0 aromatic heterocycles. The van der Waals surface area contributed by atoms with Crippen molar-refractivity contribution in [3.8, 4) is 0 Å². The zero-order valence-electron chi connectivity index (χ0n) is 9.10. The number of anilines is 1. The van der Waals surface area contributed by atoms with Gasteiger partial charge in [0.15, 0.2) is 0 Å². The average Bonchev–Trinajstić information content (AvgIpc) is 2.32. The SMILES string of the molecule is O=S(=O)(Nc1ccccc1Cl)c1ccc(Br)cc1. The van der Waals surface area contributed by atoms with Crippen LogP contribution >= 0.6 is 27.5 Å². The van der Waals surface area contributed by atoms with Gasteiger partial charge in [-0.3, -0.25) is 4.72 Å². The predicted octanol–water partition coefficient (Wildman–Crippen LogP) is 3.90. The van der Waals surface area contributed by atoms with Crippen LogP contribution < -0.4 is 4.72 Å². The van der Waals surface area contributed by atoms with Crippen molar-refractivity contribution in [2.75, 3.05) is 4.72 Å². The Bertz CT molecular complexity index is 656. The lowest BCUT2D eigenvalue weighted by Crippen LogP contribution is -2.13. The van der Waals surface area contributed by atoms with Crippen molar-refractivity contribution in [1.82, 2.24) is 0 Å². The quantitative estimate of drug-likeness (QED) is 0.916. The van der Waals surface area contributed by atoms with Crippen LogP contribution in [0.4, 0.5) is 5.69 Å². The van der Waals surface area contributed by atoms with Gasteiger partial charge >= 0.3 is 0 Å². The maximum Gasteiger partial charge on any atom is 0.261 e. The average molecular weight is 347 g/mol. The molecular weight excluding hydrogens is 338 g/mol. The fourth-order valence-corrected chi connectivity index (χ4v) is 2.94. The van der Waals surface area contributed by atoms with Gasteiger partial charge in [0.25, 0.3) is 10.0 Å². The van der Waals surface area contributed by atoms with Gasteiger partial charge in [0.1, 0.15) is 0 Å². The maximum atomic E-state index is 12.1. The molecule has 0 atom stereocenters. The fourth-order valence-electron chi connectivity index (χ4n) is 1.36. The van der Waals surface area contributed by atoms with E-state index in [1.165, 1.54) is 12.1 Å². The van der Waals surface area contributed by atoms with E-state index in [0.717, 1.165) is 4.47 Å². The van der Waals surface area contributed by atoms with Crippen LogP contribution in [0.1, 0.15) is 0 Å². The molecule has 0 spiro atoms. The van der Waals surface area contributed by atoms with Crippen LogP contribution in [0.25, 0.3) is 0 Å². The van der Waals surface area contributed by atoms with Gasteiger partial charge < -0.3 is 0 Å². The molecule has 0 unspecified atom stereocenters. The first kappa shape index (κ1) is 13.4. The molecule has 2 aromatic carbocycles. The number of hydrogen-bond donors (Lipinski definition) is 1. The number of para-hydroxylation sites is 1. The minimum atomic E-state index is -3.61. The van der Waals surface area contributed by atoms with E-state index in [9.17, 15) is 8.42 Å². The fraction of sp³-hybridized carbons (Fsp3) is 0. The molecule has 2 aromatic rings. The number of rotatable bonds is 3. The molecule has 0 radical (unpaired) electrons. The summed E-state index contributed by atoms with van der Waals surface area (Å²) in [4.78, 5) is 0.186. The third-order valence-electron chi connectivity index (χ3n) is 2.24. The Morgan fingerprint density at radius 1 is 1.00 bits per heavy atom. The second-order valence-electron chi connectivity index (χ2n) is 3.54.